The summed E-state index contributed by atoms with van der Waals surface area (Å²) in [6.07, 6.45) is 29.3. The van der Waals surface area contributed by atoms with Crippen LogP contribution in [0.15, 0.2) is 11.5 Å². The quantitative estimate of drug-likeness (QED) is 0.133. The fourth-order valence-corrected chi connectivity index (χ4v) is 4.73. The minimum Gasteiger partial charge on any atom is -0.480 e. The lowest BCUT2D eigenvalue weighted by atomic mass is 10.0. The minimum absolute atomic E-state index is 0.577. The fraction of sp³-hybridized carbons (Fsp3) is 0.885. The average Bonchev–Trinajstić information content (AvgIpc) is 2.76. The number of nitrogens with one attached hydrogen (secondary N) is 1. The molecule has 0 atom stereocenters. The molecular weight excluding hydrogens is 422 g/mol. The lowest BCUT2D eigenvalue weighted by Gasteiger charge is -2.04. The van der Waals surface area contributed by atoms with Gasteiger partial charge < -0.3 is 5.11 Å². The van der Waals surface area contributed by atoms with Crippen molar-refractivity contribution in [1.82, 2.24) is 4.72 Å². The maximum Gasteiger partial charge on any atom is 0.318 e. The van der Waals surface area contributed by atoms with Crippen LogP contribution in [-0.2, 0) is 14.8 Å². The molecule has 2 N–H and O–H groups in total. The van der Waals surface area contributed by atoms with Crippen LogP contribution >= 0.6 is 0 Å². The third-order valence-electron chi connectivity index (χ3n) is 5.92. The van der Waals surface area contributed by atoms with Gasteiger partial charge in [0.15, 0.2) is 0 Å². The van der Waals surface area contributed by atoms with Gasteiger partial charge in [-0.25, -0.2) is 13.1 Å². The van der Waals surface area contributed by atoms with Crippen molar-refractivity contribution in [3.63, 3.8) is 0 Å². The predicted molar refractivity (Wildman–Crippen MR) is 136 cm³/mol. The molecule has 0 radical (unpaired) electrons. The van der Waals surface area contributed by atoms with E-state index in [2.05, 4.69) is 6.92 Å². The van der Waals surface area contributed by atoms with E-state index in [4.69, 9.17) is 5.11 Å². The topological polar surface area (TPSA) is 83.5 Å². The van der Waals surface area contributed by atoms with E-state index in [-0.39, 0.29) is 0 Å². The van der Waals surface area contributed by atoms with E-state index in [0.29, 0.717) is 6.42 Å². The third kappa shape index (κ3) is 25.4. The number of hydrogen-bond donors (Lipinski definition) is 2. The number of sulfonamides is 1. The zero-order valence-corrected chi connectivity index (χ0v) is 21.6. The van der Waals surface area contributed by atoms with Gasteiger partial charge in [0.05, 0.1) is 0 Å². The third-order valence-corrected chi connectivity index (χ3v) is 7.02. The molecule has 6 heteroatoms. The highest BCUT2D eigenvalue weighted by Crippen LogP contribution is 2.15. The molecule has 0 rings (SSSR count). The van der Waals surface area contributed by atoms with Gasteiger partial charge >= 0.3 is 5.97 Å². The first-order chi connectivity index (χ1) is 15.5. The summed E-state index contributed by atoms with van der Waals surface area (Å²) in [6.45, 7) is 1.70. The highest BCUT2D eigenvalue weighted by molar-refractivity contribution is 7.92. The number of allylic oxidation sites excluding steroid dienone is 1. The van der Waals surface area contributed by atoms with E-state index in [1.165, 1.54) is 116 Å². The summed E-state index contributed by atoms with van der Waals surface area (Å²) in [7, 11) is -3.61. The van der Waals surface area contributed by atoms with Crippen LogP contribution in [0.1, 0.15) is 142 Å². The standard InChI is InChI=1S/C26H51NO4S/c1-2-3-4-5-6-7-8-9-10-11-12-13-14-15-16-17-18-19-20-21-22-23-24-32(30,31)27-25-26(28)29/h23-24,27H,2-22,25H2,1H3,(H,28,29)/b24-23+. The molecule has 5 nitrogen and oxygen atoms in total. The number of carboxylic acid groups (broad SMARTS) is 1. The van der Waals surface area contributed by atoms with E-state index < -0.39 is 22.5 Å². The van der Waals surface area contributed by atoms with Crippen molar-refractivity contribution in [3.05, 3.63) is 11.5 Å². The van der Waals surface area contributed by atoms with Gasteiger partial charge in [-0.1, -0.05) is 135 Å². The summed E-state index contributed by atoms with van der Waals surface area (Å²) in [5, 5.41) is 9.55. The SMILES string of the molecule is CCCCCCCCCCCCCCCCCCCCCC/C=C/S(=O)(=O)NCC(=O)O. The first-order valence-corrected chi connectivity index (χ1v) is 14.9. The summed E-state index contributed by atoms with van der Waals surface area (Å²) in [4.78, 5) is 10.4. The smallest absolute Gasteiger partial charge is 0.318 e. The molecule has 0 aromatic heterocycles. The molecule has 0 bridgehead atoms. The van der Waals surface area contributed by atoms with E-state index >= 15 is 0 Å². The van der Waals surface area contributed by atoms with E-state index in [1.807, 2.05) is 4.72 Å². The fourth-order valence-electron chi connectivity index (χ4n) is 3.92. The lowest BCUT2D eigenvalue weighted by molar-refractivity contribution is -0.135. The monoisotopic (exact) mass is 473 g/mol. The first-order valence-electron chi connectivity index (χ1n) is 13.4. The van der Waals surface area contributed by atoms with Gasteiger partial charge in [-0.3, -0.25) is 4.79 Å². The van der Waals surface area contributed by atoms with Gasteiger partial charge in [0.1, 0.15) is 6.54 Å². The Balaban J connectivity index is 3.24. The lowest BCUT2D eigenvalue weighted by Crippen LogP contribution is -2.27. The molecule has 190 valence electrons. The second kappa shape index (κ2) is 23.3. The molecule has 0 amide bonds. The molecular formula is C26H51NO4S. The van der Waals surface area contributed by atoms with Crippen LogP contribution in [0, 0.1) is 0 Å². The van der Waals surface area contributed by atoms with Crippen LogP contribution < -0.4 is 4.72 Å². The Morgan fingerprint density at radius 3 is 1.34 bits per heavy atom. The summed E-state index contributed by atoms with van der Waals surface area (Å²) >= 11 is 0. The van der Waals surface area contributed by atoms with Gasteiger partial charge in [0.25, 0.3) is 0 Å². The van der Waals surface area contributed by atoms with Gasteiger partial charge in [-0.15, -0.1) is 0 Å². The van der Waals surface area contributed by atoms with Gasteiger partial charge in [-0.05, 0) is 12.8 Å². The maximum atomic E-state index is 11.5. The van der Waals surface area contributed by atoms with Crippen LogP contribution in [0.4, 0.5) is 0 Å². The second-order valence-electron chi connectivity index (χ2n) is 9.14. The van der Waals surface area contributed by atoms with Crippen molar-refractivity contribution in [3.8, 4) is 0 Å². The highest BCUT2D eigenvalue weighted by Gasteiger charge is 2.06. The van der Waals surface area contributed by atoms with Crippen molar-refractivity contribution < 1.29 is 18.3 Å². The number of aliphatic carboxylic acids is 1. The molecule has 0 spiro atoms. The first kappa shape index (κ1) is 31.1. The van der Waals surface area contributed by atoms with Crippen molar-refractivity contribution in [2.45, 2.75) is 142 Å². The molecule has 0 aliphatic rings. The predicted octanol–water partition coefficient (Wildman–Crippen LogP) is 7.72. The van der Waals surface area contributed by atoms with Crippen LogP contribution in [0.2, 0.25) is 0 Å². The Labute approximate surface area is 198 Å². The van der Waals surface area contributed by atoms with Crippen LogP contribution in [0.5, 0.6) is 0 Å². The van der Waals surface area contributed by atoms with Crippen molar-refractivity contribution >= 4 is 16.0 Å². The molecule has 0 saturated heterocycles. The zero-order chi connectivity index (χ0) is 23.8. The zero-order valence-electron chi connectivity index (χ0n) is 20.8. The summed E-state index contributed by atoms with van der Waals surface area (Å²) in [6, 6.07) is 0. The Morgan fingerprint density at radius 2 is 1.00 bits per heavy atom. The normalized spacial score (nSPS) is 12.0. The van der Waals surface area contributed by atoms with E-state index in [1.54, 1.807) is 6.08 Å². The molecule has 0 unspecified atom stereocenters. The Hall–Kier alpha value is -0.880. The molecule has 0 aliphatic carbocycles. The molecule has 0 aromatic rings. The van der Waals surface area contributed by atoms with E-state index in [9.17, 15) is 13.2 Å². The molecule has 0 heterocycles. The minimum atomic E-state index is -3.61. The molecule has 0 aromatic carbocycles. The highest BCUT2D eigenvalue weighted by atomic mass is 32.2. The van der Waals surface area contributed by atoms with E-state index in [0.717, 1.165) is 18.2 Å². The second-order valence-corrected chi connectivity index (χ2v) is 10.8. The molecule has 0 fully saturated rings. The summed E-state index contributed by atoms with van der Waals surface area (Å²) in [5.41, 5.74) is 0. The Kier molecular flexibility index (Phi) is 22.6. The molecule has 32 heavy (non-hydrogen) atoms. The summed E-state index contributed by atoms with van der Waals surface area (Å²) in [5.74, 6) is -1.18. The summed E-state index contributed by atoms with van der Waals surface area (Å²) < 4.78 is 25.0. The van der Waals surface area contributed by atoms with Crippen molar-refractivity contribution in [2.24, 2.45) is 0 Å². The van der Waals surface area contributed by atoms with Crippen LogP contribution in [-0.4, -0.2) is 26.0 Å². The number of unbranched alkanes of at least 4 members (excludes halogenated alkanes) is 20. The largest absolute Gasteiger partial charge is 0.480 e. The van der Waals surface area contributed by atoms with Crippen LogP contribution in [0.3, 0.4) is 0 Å². The van der Waals surface area contributed by atoms with Gasteiger partial charge in [-0.2, -0.15) is 0 Å². The van der Waals surface area contributed by atoms with Gasteiger partial charge in [0, 0.05) is 5.41 Å². The Morgan fingerprint density at radius 1 is 0.656 bits per heavy atom. The number of rotatable bonds is 25. The Bertz CT molecular complexity index is 546. The van der Waals surface area contributed by atoms with Crippen molar-refractivity contribution in [1.29, 1.82) is 0 Å². The van der Waals surface area contributed by atoms with Crippen molar-refractivity contribution in [2.75, 3.05) is 6.54 Å². The number of carbonyl (C=O) groups is 1. The van der Waals surface area contributed by atoms with Crippen LogP contribution in [0.25, 0.3) is 0 Å². The average molecular weight is 474 g/mol. The number of hydrogen-bond acceptors (Lipinski definition) is 3. The molecule has 0 aliphatic heterocycles. The van der Waals surface area contributed by atoms with Gasteiger partial charge in [0.2, 0.25) is 10.0 Å². The molecule has 0 saturated carbocycles. The maximum absolute atomic E-state index is 11.5. The number of carboxylic acids is 1.